The maximum Gasteiger partial charge on any atom is 0.246 e. The third-order valence-electron chi connectivity index (χ3n) is 9.64. The summed E-state index contributed by atoms with van der Waals surface area (Å²) in [6, 6.07) is 22.3. The summed E-state index contributed by atoms with van der Waals surface area (Å²) in [5.74, 6) is -2.56. The summed E-state index contributed by atoms with van der Waals surface area (Å²) in [6.45, 7) is -1.35. The van der Waals surface area contributed by atoms with Gasteiger partial charge in [0.15, 0.2) is 5.78 Å². The van der Waals surface area contributed by atoms with Gasteiger partial charge in [-0.1, -0.05) is 54.6 Å². The van der Waals surface area contributed by atoms with Crippen LogP contribution in [0.15, 0.2) is 78.9 Å². The summed E-state index contributed by atoms with van der Waals surface area (Å²) in [5, 5.41) is 63.3. The largest absolute Gasteiger partial charge is 0.394 e. The number of ether oxygens (including phenoxy) is 4. The third-order valence-corrected chi connectivity index (χ3v) is 9.64. The lowest BCUT2D eigenvalue weighted by molar-refractivity contribution is -0.151. The van der Waals surface area contributed by atoms with E-state index in [1.165, 1.54) is 24.3 Å². The Hall–Kier alpha value is -4.73. The van der Waals surface area contributed by atoms with Crippen LogP contribution in [0, 0.1) is 11.7 Å². The van der Waals surface area contributed by atoms with Crippen LogP contribution in [0.5, 0.6) is 0 Å². The molecule has 18 heteroatoms. The van der Waals surface area contributed by atoms with Crippen LogP contribution in [0.2, 0.25) is 0 Å². The summed E-state index contributed by atoms with van der Waals surface area (Å²) in [6.07, 6.45) is -7.82. The Balaban J connectivity index is 1.08. The molecule has 7 atom stereocenters. The van der Waals surface area contributed by atoms with Crippen molar-refractivity contribution in [3.05, 3.63) is 101 Å². The lowest BCUT2D eigenvalue weighted by atomic mass is 9.78. The third kappa shape index (κ3) is 14.8. The fourth-order valence-corrected chi connectivity index (χ4v) is 6.37. The fraction of sp³-hybridized carbons (Fsp3) is 0.476. The number of carbonyl (C=O) groups is 4. The van der Waals surface area contributed by atoms with Crippen molar-refractivity contribution in [2.75, 3.05) is 70.9 Å². The van der Waals surface area contributed by atoms with Crippen molar-refractivity contribution >= 4 is 29.2 Å². The van der Waals surface area contributed by atoms with Crippen LogP contribution in [-0.4, -0.2) is 145 Å². The Morgan fingerprint density at radius 1 is 0.733 bits per heavy atom. The predicted octanol–water partition coefficient (Wildman–Crippen LogP) is -0.153. The molecule has 0 radical (unpaired) electrons. The first kappa shape index (κ1) is 47.9. The summed E-state index contributed by atoms with van der Waals surface area (Å²) >= 11 is 0. The molecule has 0 spiro atoms. The van der Waals surface area contributed by atoms with Crippen molar-refractivity contribution in [2.24, 2.45) is 5.92 Å². The van der Waals surface area contributed by atoms with E-state index in [4.69, 9.17) is 24.1 Å². The van der Waals surface area contributed by atoms with Crippen LogP contribution in [0.3, 0.4) is 0 Å². The Labute approximate surface area is 346 Å². The van der Waals surface area contributed by atoms with E-state index in [2.05, 4.69) is 10.6 Å². The zero-order valence-electron chi connectivity index (χ0n) is 33.0. The van der Waals surface area contributed by atoms with E-state index in [0.29, 0.717) is 18.4 Å². The first-order valence-electron chi connectivity index (χ1n) is 19.5. The molecule has 0 aliphatic carbocycles. The van der Waals surface area contributed by atoms with E-state index in [-0.39, 0.29) is 77.2 Å². The monoisotopic (exact) mass is 843 g/mol. The molecule has 3 amide bonds. The average Bonchev–Trinajstić information content (AvgIpc) is 3.26. The maximum absolute atomic E-state index is 13.5. The second-order valence-corrected chi connectivity index (χ2v) is 14.0. The second-order valence-electron chi connectivity index (χ2n) is 14.0. The van der Waals surface area contributed by atoms with Gasteiger partial charge < -0.3 is 65.1 Å². The Bertz CT molecular complexity index is 1790. The summed E-state index contributed by atoms with van der Waals surface area (Å²) < 4.78 is 34.4. The Kier molecular flexibility index (Phi) is 20.1. The molecule has 1 aliphatic heterocycles. The highest BCUT2D eigenvalue weighted by atomic mass is 19.1. The van der Waals surface area contributed by atoms with Crippen LogP contribution in [-0.2, 0) is 44.7 Å². The van der Waals surface area contributed by atoms with Gasteiger partial charge in [-0.05, 0) is 53.8 Å². The molecule has 1 heterocycles. The number of hydrogen-bond donors (Lipinski definition) is 8. The van der Waals surface area contributed by atoms with Gasteiger partial charge in [0.2, 0.25) is 17.7 Å². The van der Waals surface area contributed by atoms with Crippen molar-refractivity contribution in [3.63, 3.8) is 0 Å². The molecule has 1 saturated heterocycles. The topological polar surface area (TPSA) is 254 Å². The van der Waals surface area contributed by atoms with Crippen molar-refractivity contribution < 1.29 is 73.2 Å². The van der Waals surface area contributed by atoms with Gasteiger partial charge in [0.05, 0.1) is 57.7 Å². The highest BCUT2D eigenvalue weighted by Crippen LogP contribution is 2.46. The number of anilines is 1. The number of nitrogens with zero attached hydrogens (tertiary/aromatic N) is 1. The average molecular weight is 844 g/mol. The highest BCUT2D eigenvalue weighted by Gasteiger charge is 2.48. The molecule has 3 aromatic carbocycles. The number of benzene rings is 3. The summed E-state index contributed by atoms with van der Waals surface area (Å²) in [4.78, 5) is 51.6. The van der Waals surface area contributed by atoms with Crippen molar-refractivity contribution in [1.82, 2.24) is 10.6 Å². The molecule has 0 aromatic heterocycles. The van der Waals surface area contributed by atoms with Gasteiger partial charge in [-0.15, -0.1) is 0 Å². The van der Waals surface area contributed by atoms with Gasteiger partial charge in [0, 0.05) is 18.8 Å². The van der Waals surface area contributed by atoms with E-state index in [0.717, 1.165) is 16.8 Å². The van der Waals surface area contributed by atoms with Gasteiger partial charge in [-0.2, -0.15) is 0 Å². The number of rotatable bonds is 28. The number of nitrogens with one attached hydrogen (secondary N) is 2. The maximum atomic E-state index is 13.5. The van der Waals surface area contributed by atoms with Crippen LogP contribution >= 0.6 is 0 Å². The van der Waals surface area contributed by atoms with Gasteiger partial charge >= 0.3 is 0 Å². The van der Waals surface area contributed by atoms with E-state index < -0.39 is 67.2 Å². The minimum atomic E-state index is -2.03. The molecule has 8 N–H and O–H groups in total. The van der Waals surface area contributed by atoms with E-state index in [1.807, 2.05) is 54.6 Å². The van der Waals surface area contributed by atoms with E-state index >= 15 is 0 Å². The predicted molar refractivity (Wildman–Crippen MR) is 211 cm³/mol. The lowest BCUT2D eigenvalue weighted by Gasteiger charge is -2.48. The molecule has 1 fully saturated rings. The van der Waals surface area contributed by atoms with Gasteiger partial charge in [0.1, 0.15) is 50.1 Å². The number of aliphatic hydroxyl groups is 6. The first-order chi connectivity index (χ1) is 28.9. The quantitative estimate of drug-likeness (QED) is 0.0350. The van der Waals surface area contributed by atoms with E-state index in [9.17, 15) is 49.1 Å². The number of β-lactam (4-membered cyclic amide) rings is 1. The minimum absolute atomic E-state index is 0.0481. The van der Waals surface area contributed by atoms with Crippen LogP contribution < -0.4 is 15.5 Å². The van der Waals surface area contributed by atoms with Crippen molar-refractivity contribution in [3.8, 4) is 0 Å². The molecule has 0 saturated carbocycles. The van der Waals surface area contributed by atoms with Gasteiger partial charge in [-0.3, -0.25) is 19.2 Å². The van der Waals surface area contributed by atoms with Crippen LogP contribution in [0.1, 0.15) is 41.7 Å². The molecule has 328 valence electrons. The molecule has 1 aliphatic rings. The Morgan fingerprint density at radius 3 is 2.03 bits per heavy atom. The molecule has 3 aromatic rings. The molecule has 0 bridgehead atoms. The van der Waals surface area contributed by atoms with Crippen molar-refractivity contribution in [2.45, 2.75) is 55.9 Å². The second kappa shape index (κ2) is 25.1. The number of amides is 3. The highest BCUT2D eigenvalue weighted by molar-refractivity contribution is 6.03. The smallest absolute Gasteiger partial charge is 0.246 e. The number of Topliss-reactive ketones (excluding diaryl/α,β-unsaturated/α-hetero) is 1. The molecular formula is C42H54FN3O14. The molecule has 17 nitrogen and oxygen atoms in total. The van der Waals surface area contributed by atoms with Gasteiger partial charge in [-0.25, -0.2) is 4.39 Å². The Morgan fingerprint density at radius 2 is 1.37 bits per heavy atom. The zero-order chi connectivity index (χ0) is 43.4. The fourth-order valence-electron chi connectivity index (χ4n) is 6.37. The zero-order valence-corrected chi connectivity index (χ0v) is 33.0. The van der Waals surface area contributed by atoms with E-state index in [1.54, 1.807) is 4.90 Å². The number of ketones is 1. The molecular weight excluding hydrogens is 789 g/mol. The van der Waals surface area contributed by atoms with Crippen LogP contribution in [0.4, 0.5) is 10.1 Å². The first-order valence-corrected chi connectivity index (χ1v) is 19.5. The van der Waals surface area contributed by atoms with Gasteiger partial charge in [0.25, 0.3) is 0 Å². The summed E-state index contributed by atoms with van der Waals surface area (Å²) in [5.41, 5.74) is 3.02. The summed E-state index contributed by atoms with van der Waals surface area (Å²) in [7, 11) is 0. The lowest BCUT2D eigenvalue weighted by Crippen LogP contribution is -2.55. The number of hydrogen-bond acceptors (Lipinski definition) is 14. The number of halogens is 1. The SMILES string of the molecule is O=C(COCCOCC(=O)NCc1cccc(C2C(CCC(O)c3ccc(F)cc3)C(=O)N2c2ccccc2)c1)NCCOCCOCC(=O)C(O)C(O)C(O)C(O)CO. The molecule has 4 rings (SSSR count). The minimum Gasteiger partial charge on any atom is -0.394 e. The number of carbonyl (C=O) groups excluding carboxylic acids is 4. The van der Waals surface area contributed by atoms with Crippen LogP contribution in [0.25, 0.3) is 0 Å². The standard InChI is InChI=1S/C42H54FN3O14/c43-30-11-9-28(10-12-30)33(48)14-13-32-38(46(42(32)56)31-7-2-1-3-8-31)29-6-4-5-27(21-29)22-45-37(52)26-60-20-19-59-25-36(51)44-15-16-57-17-18-58-24-35(50)40(54)41(55)39(53)34(49)23-47/h1-12,21,32-34,38-41,47-49,53-55H,13-20,22-26H2,(H,44,51)(H,45,52). The number of para-hydroxylation sites is 1. The normalized spacial score (nSPS) is 17.6. The molecule has 7 unspecified atom stereocenters. The molecule has 60 heavy (non-hydrogen) atoms. The number of aliphatic hydroxyl groups excluding tert-OH is 6. The van der Waals surface area contributed by atoms with Crippen molar-refractivity contribution in [1.29, 1.82) is 0 Å².